The van der Waals surface area contributed by atoms with Crippen molar-refractivity contribution in [3.05, 3.63) is 34.9 Å². The molecule has 1 fully saturated rings. The molecule has 86 valence electrons. The summed E-state index contributed by atoms with van der Waals surface area (Å²) in [4.78, 5) is 13.5. The van der Waals surface area contributed by atoms with E-state index in [2.05, 4.69) is 0 Å². The van der Waals surface area contributed by atoms with Gasteiger partial charge in [0.25, 0.3) is 0 Å². The highest BCUT2D eigenvalue weighted by Crippen LogP contribution is 2.29. The highest BCUT2D eigenvalue weighted by Gasteiger charge is 2.41. The molecule has 1 aromatic carbocycles. The van der Waals surface area contributed by atoms with E-state index in [9.17, 15) is 4.79 Å². The van der Waals surface area contributed by atoms with Gasteiger partial charge in [-0.15, -0.1) is 0 Å². The van der Waals surface area contributed by atoms with Crippen LogP contribution in [0.5, 0.6) is 0 Å². The van der Waals surface area contributed by atoms with Gasteiger partial charge in [0, 0.05) is 24.7 Å². The number of carbonyl (C=O) groups is 1. The molecule has 1 aliphatic rings. The lowest BCUT2D eigenvalue weighted by molar-refractivity contribution is -0.131. The van der Waals surface area contributed by atoms with Gasteiger partial charge in [-0.3, -0.25) is 4.79 Å². The zero-order valence-corrected chi connectivity index (χ0v) is 9.95. The minimum absolute atomic E-state index is 0.0392. The Kier molecular flexibility index (Phi) is 3.17. The van der Waals surface area contributed by atoms with Gasteiger partial charge in [0.1, 0.15) is 0 Å². The molecule has 2 rings (SSSR count). The molecule has 0 spiro atoms. The summed E-state index contributed by atoms with van der Waals surface area (Å²) in [5, 5.41) is 0.710. The van der Waals surface area contributed by atoms with E-state index in [0.717, 1.165) is 12.0 Å². The predicted molar refractivity (Wildman–Crippen MR) is 64.0 cm³/mol. The van der Waals surface area contributed by atoms with Gasteiger partial charge in [-0.05, 0) is 24.1 Å². The third-order valence-corrected chi connectivity index (χ3v) is 3.12. The normalized spacial score (nSPS) is 22.9. The van der Waals surface area contributed by atoms with Crippen LogP contribution in [-0.2, 0) is 11.3 Å². The lowest BCUT2D eigenvalue weighted by Gasteiger charge is -2.17. The number of halogens is 1. The van der Waals surface area contributed by atoms with Crippen LogP contribution in [0.3, 0.4) is 0 Å². The molecule has 1 aromatic rings. The van der Waals surface area contributed by atoms with Crippen molar-refractivity contribution in [1.29, 1.82) is 0 Å². The summed E-state index contributed by atoms with van der Waals surface area (Å²) in [6, 6.07) is 7.59. The molecular formula is C12H15ClN2O. The second-order valence-corrected chi connectivity index (χ2v) is 4.76. The average Bonchev–Trinajstić information content (AvgIpc) is 2.98. The molecule has 2 N–H and O–H groups in total. The average molecular weight is 239 g/mol. The lowest BCUT2D eigenvalue weighted by Crippen LogP contribution is -2.29. The fourth-order valence-corrected chi connectivity index (χ4v) is 1.85. The molecule has 16 heavy (non-hydrogen) atoms. The first kappa shape index (κ1) is 11.4. The van der Waals surface area contributed by atoms with Gasteiger partial charge >= 0.3 is 0 Å². The molecule has 3 nitrogen and oxygen atoms in total. The second kappa shape index (κ2) is 4.44. The van der Waals surface area contributed by atoms with Crippen LogP contribution in [0.1, 0.15) is 12.0 Å². The Morgan fingerprint density at radius 3 is 2.56 bits per heavy atom. The van der Waals surface area contributed by atoms with Crippen molar-refractivity contribution in [2.24, 2.45) is 11.7 Å². The summed E-state index contributed by atoms with van der Waals surface area (Å²) in [5.74, 6) is 0.180. The Morgan fingerprint density at radius 2 is 2.06 bits per heavy atom. The largest absolute Gasteiger partial charge is 0.341 e. The zero-order valence-electron chi connectivity index (χ0n) is 9.19. The van der Waals surface area contributed by atoms with Crippen molar-refractivity contribution in [2.45, 2.75) is 19.0 Å². The number of nitrogens with zero attached hydrogens (tertiary/aromatic N) is 1. The Hall–Kier alpha value is -1.06. The van der Waals surface area contributed by atoms with Gasteiger partial charge in [-0.1, -0.05) is 23.7 Å². The molecule has 0 aromatic heterocycles. The molecule has 4 heteroatoms. The molecule has 0 radical (unpaired) electrons. The van der Waals surface area contributed by atoms with Gasteiger partial charge < -0.3 is 10.6 Å². The van der Waals surface area contributed by atoms with Crippen molar-refractivity contribution in [1.82, 2.24) is 4.90 Å². The van der Waals surface area contributed by atoms with E-state index in [-0.39, 0.29) is 17.9 Å². The number of benzene rings is 1. The Morgan fingerprint density at radius 1 is 1.50 bits per heavy atom. The van der Waals surface area contributed by atoms with Gasteiger partial charge in [-0.2, -0.15) is 0 Å². The van der Waals surface area contributed by atoms with Crippen LogP contribution in [0.15, 0.2) is 24.3 Å². The van der Waals surface area contributed by atoms with E-state index in [4.69, 9.17) is 17.3 Å². The van der Waals surface area contributed by atoms with Crippen LogP contribution in [-0.4, -0.2) is 23.9 Å². The van der Waals surface area contributed by atoms with Crippen molar-refractivity contribution in [2.75, 3.05) is 7.05 Å². The minimum atomic E-state index is 0.0392. The highest BCUT2D eigenvalue weighted by molar-refractivity contribution is 6.30. The lowest BCUT2D eigenvalue weighted by atomic mass is 10.2. The molecule has 0 aliphatic heterocycles. The van der Waals surface area contributed by atoms with E-state index >= 15 is 0 Å². The number of nitrogens with two attached hydrogens (primary N) is 1. The number of hydrogen-bond donors (Lipinski definition) is 1. The highest BCUT2D eigenvalue weighted by atomic mass is 35.5. The summed E-state index contributed by atoms with van der Waals surface area (Å²) in [6.45, 7) is 0.610. The monoisotopic (exact) mass is 238 g/mol. The van der Waals surface area contributed by atoms with E-state index in [1.165, 1.54) is 0 Å². The van der Waals surface area contributed by atoms with Crippen LogP contribution in [0.2, 0.25) is 5.02 Å². The van der Waals surface area contributed by atoms with E-state index < -0.39 is 0 Å². The minimum Gasteiger partial charge on any atom is -0.341 e. The topological polar surface area (TPSA) is 46.3 Å². The first-order valence-corrected chi connectivity index (χ1v) is 5.70. The summed E-state index contributed by atoms with van der Waals surface area (Å²) < 4.78 is 0. The van der Waals surface area contributed by atoms with Gasteiger partial charge in [0.15, 0.2) is 0 Å². The van der Waals surface area contributed by atoms with Gasteiger partial charge in [-0.25, -0.2) is 0 Å². The molecule has 1 amide bonds. The van der Waals surface area contributed by atoms with Crippen LogP contribution in [0.4, 0.5) is 0 Å². The maximum atomic E-state index is 11.8. The van der Waals surface area contributed by atoms with E-state index in [1.54, 1.807) is 4.90 Å². The number of amides is 1. The molecule has 0 bridgehead atoms. The summed E-state index contributed by atoms with van der Waals surface area (Å²) >= 11 is 5.79. The molecule has 2 atom stereocenters. The molecule has 0 saturated heterocycles. The smallest absolute Gasteiger partial charge is 0.227 e. The third-order valence-electron chi connectivity index (χ3n) is 2.87. The fourth-order valence-electron chi connectivity index (χ4n) is 1.72. The third kappa shape index (κ3) is 2.54. The molecular weight excluding hydrogens is 224 g/mol. The predicted octanol–water partition coefficient (Wildman–Crippen LogP) is 1.65. The second-order valence-electron chi connectivity index (χ2n) is 4.33. The van der Waals surface area contributed by atoms with Crippen molar-refractivity contribution in [3.63, 3.8) is 0 Å². The number of carbonyl (C=O) groups excluding carboxylic acids is 1. The molecule has 0 heterocycles. The Labute approximate surface area is 100 Å². The summed E-state index contributed by atoms with van der Waals surface area (Å²) in [7, 11) is 1.81. The van der Waals surface area contributed by atoms with Crippen LogP contribution in [0, 0.1) is 5.92 Å². The quantitative estimate of drug-likeness (QED) is 0.871. The van der Waals surface area contributed by atoms with E-state index in [1.807, 2.05) is 31.3 Å². The molecule has 1 saturated carbocycles. The Balaban J connectivity index is 1.94. The van der Waals surface area contributed by atoms with Crippen LogP contribution < -0.4 is 5.73 Å². The zero-order chi connectivity index (χ0) is 11.7. The summed E-state index contributed by atoms with van der Waals surface area (Å²) in [5.41, 5.74) is 6.73. The first-order chi connectivity index (χ1) is 7.58. The van der Waals surface area contributed by atoms with Gasteiger partial charge in [0.05, 0.1) is 5.92 Å². The number of rotatable bonds is 3. The Bertz CT molecular complexity index is 391. The first-order valence-electron chi connectivity index (χ1n) is 5.33. The van der Waals surface area contributed by atoms with Crippen molar-refractivity contribution < 1.29 is 4.79 Å². The summed E-state index contributed by atoms with van der Waals surface area (Å²) in [6.07, 6.45) is 0.823. The fraction of sp³-hybridized carbons (Fsp3) is 0.417. The van der Waals surface area contributed by atoms with Crippen LogP contribution in [0.25, 0.3) is 0 Å². The van der Waals surface area contributed by atoms with Gasteiger partial charge in [0.2, 0.25) is 5.91 Å². The van der Waals surface area contributed by atoms with Crippen LogP contribution >= 0.6 is 11.6 Å². The maximum absolute atomic E-state index is 11.8. The van der Waals surface area contributed by atoms with Crippen molar-refractivity contribution >= 4 is 17.5 Å². The standard InChI is InChI=1S/C12H15ClN2O/c1-15(12(16)10-6-11(10)14)7-8-2-4-9(13)5-3-8/h2-5,10-11H,6-7,14H2,1H3. The SMILES string of the molecule is CN(Cc1ccc(Cl)cc1)C(=O)C1CC1N. The molecule has 1 aliphatic carbocycles. The number of hydrogen-bond acceptors (Lipinski definition) is 2. The van der Waals surface area contributed by atoms with E-state index in [0.29, 0.717) is 11.6 Å². The van der Waals surface area contributed by atoms with Crippen molar-refractivity contribution in [3.8, 4) is 0 Å². The maximum Gasteiger partial charge on any atom is 0.227 e. The molecule has 2 unspecified atom stereocenters.